The summed E-state index contributed by atoms with van der Waals surface area (Å²) in [5, 5.41) is 4.57. The number of nitrogens with one attached hydrogen (secondary N) is 1. The van der Waals surface area contributed by atoms with E-state index in [1.807, 2.05) is 37.3 Å². The number of benzene rings is 3. The van der Waals surface area contributed by atoms with Crippen LogP contribution >= 0.6 is 11.6 Å². The first-order valence-electron chi connectivity index (χ1n) is 10.0. The van der Waals surface area contributed by atoms with Crippen molar-refractivity contribution >= 4 is 39.4 Å². The molecule has 3 rings (SSSR count). The van der Waals surface area contributed by atoms with Crippen LogP contribution in [0, 0.1) is 6.92 Å². The summed E-state index contributed by atoms with van der Waals surface area (Å²) in [6, 6.07) is 21.5. The second-order valence-electron chi connectivity index (χ2n) is 7.35. The maximum absolute atomic E-state index is 12.3. The molecule has 0 heterocycles. The summed E-state index contributed by atoms with van der Waals surface area (Å²) in [4.78, 5) is 12.3. The van der Waals surface area contributed by atoms with Crippen molar-refractivity contribution in [1.82, 2.24) is 5.43 Å². The number of carbonyl (C=O) groups excluding carboxylic acids is 1. The van der Waals surface area contributed by atoms with Crippen LogP contribution in [0.2, 0.25) is 5.02 Å². The molecule has 0 aliphatic heterocycles. The van der Waals surface area contributed by atoms with Crippen LogP contribution in [0.1, 0.15) is 16.7 Å². The first-order valence-corrected chi connectivity index (χ1v) is 12.3. The Hall–Kier alpha value is -3.36. The smallest absolute Gasteiger partial charge is 0.260 e. The van der Waals surface area contributed by atoms with Gasteiger partial charge >= 0.3 is 0 Å². The van der Waals surface area contributed by atoms with Gasteiger partial charge in [0.25, 0.3) is 5.91 Å². The number of anilines is 1. The van der Waals surface area contributed by atoms with E-state index < -0.39 is 15.9 Å². The third kappa shape index (κ3) is 7.34. The van der Waals surface area contributed by atoms with E-state index in [4.69, 9.17) is 16.3 Å². The van der Waals surface area contributed by atoms with Gasteiger partial charge in [0.05, 0.1) is 18.2 Å². The molecule has 0 aromatic heterocycles. The average Bonchev–Trinajstić information content (AvgIpc) is 2.77. The van der Waals surface area contributed by atoms with Gasteiger partial charge in [-0.2, -0.15) is 5.10 Å². The number of nitrogens with zero attached hydrogens (tertiary/aromatic N) is 2. The van der Waals surface area contributed by atoms with Crippen molar-refractivity contribution in [2.75, 3.05) is 17.1 Å². The Bertz CT molecular complexity index is 1240. The number of carbonyl (C=O) groups is 1. The monoisotopic (exact) mass is 485 g/mol. The molecule has 0 fully saturated rings. The number of hydrogen-bond acceptors (Lipinski definition) is 5. The predicted molar refractivity (Wildman–Crippen MR) is 131 cm³/mol. The van der Waals surface area contributed by atoms with Crippen LogP contribution in [0.5, 0.6) is 5.75 Å². The Morgan fingerprint density at radius 3 is 2.48 bits per heavy atom. The zero-order chi connectivity index (χ0) is 23.8. The Kier molecular flexibility index (Phi) is 8.08. The van der Waals surface area contributed by atoms with Crippen molar-refractivity contribution in [3.63, 3.8) is 0 Å². The molecule has 7 nitrogen and oxygen atoms in total. The van der Waals surface area contributed by atoms with Crippen LogP contribution in [0.25, 0.3) is 0 Å². The molecule has 0 atom stereocenters. The van der Waals surface area contributed by atoms with E-state index in [0.717, 1.165) is 27.3 Å². The predicted octanol–water partition coefficient (Wildman–Crippen LogP) is 4.14. The number of rotatable bonds is 9. The fourth-order valence-electron chi connectivity index (χ4n) is 2.95. The van der Waals surface area contributed by atoms with Crippen molar-refractivity contribution < 1.29 is 17.9 Å². The molecule has 0 saturated heterocycles. The minimum atomic E-state index is -3.64. The lowest BCUT2D eigenvalue weighted by molar-refractivity contribution is -0.119. The Balaban J connectivity index is 1.55. The quantitative estimate of drug-likeness (QED) is 0.364. The maximum atomic E-state index is 12.3. The topological polar surface area (TPSA) is 88.1 Å². The fraction of sp³-hybridized carbons (Fsp3) is 0.167. The minimum Gasteiger partial charge on any atom is -0.489 e. The Morgan fingerprint density at radius 1 is 1.09 bits per heavy atom. The fourth-order valence-corrected chi connectivity index (χ4v) is 3.99. The molecule has 0 aliphatic carbocycles. The van der Waals surface area contributed by atoms with Gasteiger partial charge in [0.2, 0.25) is 10.0 Å². The number of halogens is 1. The molecule has 0 unspecified atom stereocenters. The van der Waals surface area contributed by atoms with Gasteiger partial charge in [0, 0.05) is 10.6 Å². The summed E-state index contributed by atoms with van der Waals surface area (Å²) < 4.78 is 31.1. The number of hydrogen-bond donors (Lipinski definition) is 1. The van der Waals surface area contributed by atoms with E-state index >= 15 is 0 Å². The van der Waals surface area contributed by atoms with Gasteiger partial charge in [-0.05, 0) is 60.5 Å². The van der Waals surface area contributed by atoms with Gasteiger partial charge in [0.1, 0.15) is 18.9 Å². The largest absolute Gasteiger partial charge is 0.489 e. The summed E-state index contributed by atoms with van der Waals surface area (Å²) in [5.74, 6) is 0.107. The molecule has 3 aromatic rings. The van der Waals surface area contributed by atoms with Crippen LogP contribution in [-0.2, 0) is 21.4 Å². The molecule has 172 valence electrons. The molecule has 0 saturated carbocycles. The molecule has 3 aromatic carbocycles. The lowest BCUT2D eigenvalue weighted by Gasteiger charge is -2.21. The van der Waals surface area contributed by atoms with Gasteiger partial charge in [-0.15, -0.1) is 0 Å². The van der Waals surface area contributed by atoms with Gasteiger partial charge < -0.3 is 4.74 Å². The average molecular weight is 486 g/mol. The number of ether oxygens (including phenoxy) is 1. The molecular formula is C24H24ClN3O4S. The number of aryl methyl sites for hydroxylation is 1. The third-order valence-corrected chi connectivity index (χ3v) is 6.12. The molecule has 0 spiro atoms. The van der Waals surface area contributed by atoms with E-state index in [1.165, 1.54) is 6.21 Å². The molecule has 0 bridgehead atoms. The Labute approximate surface area is 198 Å². The van der Waals surface area contributed by atoms with Crippen molar-refractivity contribution in [2.24, 2.45) is 5.10 Å². The minimum absolute atomic E-state index is 0.348. The second-order valence-corrected chi connectivity index (χ2v) is 9.66. The molecule has 33 heavy (non-hydrogen) atoms. The molecule has 9 heteroatoms. The molecule has 1 amide bonds. The highest BCUT2D eigenvalue weighted by molar-refractivity contribution is 7.92. The van der Waals surface area contributed by atoms with E-state index in [9.17, 15) is 13.2 Å². The summed E-state index contributed by atoms with van der Waals surface area (Å²) in [7, 11) is -3.64. The first-order chi connectivity index (χ1) is 15.7. The van der Waals surface area contributed by atoms with E-state index in [2.05, 4.69) is 10.5 Å². The number of hydrazone groups is 1. The summed E-state index contributed by atoms with van der Waals surface area (Å²) >= 11 is 6.13. The van der Waals surface area contributed by atoms with Gasteiger partial charge in [-0.3, -0.25) is 9.10 Å². The van der Waals surface area contributed by atoms with Crippen molar-refractivity contribution in [1.29, 1.82) is 0 Å². The highest BCUT2D eigenvalue weighted by Crippen LogP contribution is 2.19. The first kappa shape index (κ1) is 24.3. The van der Waals surface area contributed by atoms with Crippen molar-refractivity contribution in [3.05, 3.63) is 94.5 Å². The lowest BCUT2D eigenvalue weighted by atomic mass is 10.2. The Morgan fingerprint density at radius 2 is 1.82 bits per heavy atom. The van der Waals surface area contributed by atoms with E-state index in [1.54, 1.807) is 42.5 Å². The molecule has 1 N–H and O–H groups in total. The van der Waals surface area contributed by atoms with Crippen LogP contribution in [0.15, 0.2) is 77.9 Å². The summed E-state index contributed by atoms with van der Waals surface area (Å²) in [5.41, 5.74) is 5.30. The van der Waals surface area contributed by atoms with Gasteiger partial charge in [-0.1, -0.05) is 41.9 Å². The normalized spacial score (nSPS) is 11.4. The second kappa shape index (κ2) is 11.0. The number of amides is 1. The molecule has 0 aliphatic rings. The summed E-state index contributed by atoms with van der Waals surface area (Å²) in [6.45, 7) is 1.82. The SMILES string of the molecule is Cc1cccc(N(CC(=O)N/N=C\c2ccc(OCc3ccccc3Cl)cc2)S(C)(=O)=O)c1. The highest BCUT2D eigenvalue weighted by Gasteiger charge is 2.20. The third-order valence-electron chi connectivity index (χ3n) is 4.61. The van der Waals surface area contributed by atoms with Crippen molar-refractivity contribution in [2.45, 2.75) is 13.5 Å². The van der Waals surface area contributed by atoms with Crippen LogP contribution < -0.4 is 14.5 Å². The highest BCUT2D eigenvalue weighted by atomic mass is 35.5. The zero-order valence-electron chi connectivity index (χ0n) is 18.2. The lowest BCUT2D eigenvalue weighted by Crippen LogP contribution is -2.39. The summed E-state index contributed by atoms with van der Waals surface area (Å²) in [6.07, 6.45) is 2.52. The molecular weight excluding hydrogens is 462 g/mol. The zero-order valence-corrected chi connectivity index (χ0v) is 19.8. The van der Waals surface area contributed by atoms with E-state index in [-0.39, 0.29) is 6.54 Å². The standard InChI is InChI=1S/C24H24ClN3O4S/c1-18-6-5-8-21(14-18)28(33(2,30)31)16-24(29)27-26-15-19-10-12-22(13-11-19)32-17-20-7-3-4-9-23(20)25/h3-15H,16-17H2,1-2H3,(H,27,29)/b26-15-. The van der Waals surface area contributed by atoms with Crippen LogP contribution in [-0.4, -0.2) is 33.3 Å². The van der Waals surface area contributed by atoms with Crippen molar-refractivity contribution in [3.8, 4) is 5.75 Å². The number of sulfonamides is 1. The van der Waals surface area contributed by atoms with Gasteiger partial charge in [0.15, 0.2) is 0 Å². The van der Waals surface area contributed by atoms with Crippen LogP contribution in [0.3, 0.4) is 0 Å². The maximum Gasteiger partial charge on any atom is 0.260 e. The van der Waals surface area contributed by atoms with E-state index in [0.29, 0.717) is 23.1 Å². The van der Waals surface area contributed by atoms with Gasteiger partial charge in [-0.25, -0.2) is 13.8 Å². The van der Waals surface area contributed by atoms with Crippen LogP contribution in [0.4, 0.5) is 5.69 Å². The molecule has 0 radical (unpaired) electrons.